The number of furan rings is 1. The van der Waals surface area contributed by atoms with Crippen molar-refractivity contribution >= 4 is 0 Å². The zero-order chi connectivity index (χ0) is 13.7. The Morgan fingerprint density at radius 2 is 2.00 bits per heavy atom. The highest BCUT2D eigenvalue weighted by molar-refractivity contribution is 5.30. The van der Waals surface area contributed by atoms with Crippen molar-refractivity contribution in [3.8, 4) is 0 Å². The largest absolute Gasteiger partial charge is 0.468 e. The van der Waals surface area contributed by atoms with Gasteiger partial charge >= 0.3 is 0 Å². The molecule has 0 saturated heterocycles. The predicted molar refractivity (Wildman–Crippen MR) is 77.8 cm³/mol. The highest BCUT2D eigenvalue weighted by Gasteiger charge is 2.18. The summed E-state index contributed by atoms with van der Waals surface area (Å²) < 4.78 is 5.41. The van der Waals surface area contributed by atoms with E-state index in [4.69, 9.17) is 10.2 Å². The fourth-order valence-corrected chi connectivity index (χ4v) is 2.48. The van der Waals surface area contributed by atoms with Gasteiger partial charge in [-0.15, -0.1) is 0 Å². The molecule has 3 nitrogen and oxygen atoms in total. The van der Waals surface area contributed by atoms with Crippen molar-refractivity contribution in [1.29, 1.82) is 0 Å². The molecule has 0 saturated carbocycles. The molecule has 3 heteroatoms. The predicted octanol–water partition coefficient (Wildman–Crippen LogP) is 2.97. The molecule has 0 fully saturated rings. The fourth-order valence-electron chi connectivity index (χ4n) is 2.48. The molecule has 0 spiro atoms. The summed E-state index contributed by atoms with van der Waals surface area (Å²) >= 11 is 0. The van der Waals surface area contributed by atoms with Crippen LogP contribution >= 0.6 is 0 Å². The summed E-state index contributed by atoms with van der Waals surface area (Å²) in [6, 6.07) is 12.7. The van der Waals surface area contributed by atoms with Gasteiger partial charge in [0.25, 0.3) is 0 Å². The van der Waals surface area contributed by atoms with E-state index in [1.165, 1.54) is 11.1 Å². The van der Waals surface area contributed by atoms with Gasteiger partial charge in [-0.2, -0.15) is 0 Å². The molecule has 0 amide bonds. The molecular formula is C16H22N2O. The second-order valence-corrected chi connectivity index (χ2v) is 4.80. The Morgan fingerprint density at radius 1 is 1.21 bits per heavy atom. The van der Waals surface area contributed by atoms with E-state index in [0.717, 1.165) is 18.7 Å². The summed E-state index contributed by atoms with van der Waals surface area (Å²) in [5.74, 6) is 0.968. The van der Waals surface area contributed by atoms with Gasteiger partial charge in [-0.25, -0.2) is 0 Å². The molecule has 0 aliphatic heterocycles. The molecule has 2 N–H and O–H groups in total. The Hall–Kier alpha value is -1.58. The van der Waals surface area contributed by atoms with Crippen LogP contribution in [0.5, 0.6) is 0 Å². The minimum atomic E-state index is 0.223. The van der Waals surface area contributed by atoms with Crippen molar-refractivity contribution in [2.24, 2.45) is 5.73 Å². The Labute approximate surface area is 115 Å². The number of aryl methyl sites for hydroxylation is 1. The van der Waals surface area contributed by atoms with Gasteiger partial charge in [0, 0.05) is 12.6 Å². The molecule has 1 atom stereocenters. The second kappa shape index (κ2) is 6.55. The maximum Gasteiger partial charge on any atom is 0.117 e. The molecular weight excluding hydrogens is 236 g/mol. The number of likely N-dealkylation sites (N-methyl/N-ethyl adjacent to an activating group) is 1. The van der Waals surface area contributed by atoms with Gasteiger partial charge in [0.05, 0.1) is 12.8 Å². The Bertz CT molecular complexity index is 493. The monoisotopic (exact) mass is 258 g/mol. The van der Waals surface area contributed by atoms with Crippen molar-refractivity contribution in [1.82, 2.24) is 4.90 Å². The first-order valence-corrected chi connectivity index (χ1v) is 6.76. The average molecular weight is 258 g/mol. The van der Waals surface area contributed by atoms with Crippen molar-refractivity contribution < 1.29 is 4.42 Å². The van der Waals surface area contributed by atoms with Crippen LogP contribution in [0.3, 0.4) is 0 Å². The standard InChI is InChI=1S/C16H22N2O/c1-3-13-7-4-5-9-15(13)16(11-17)18(2)12-14-8-6-10-19-14/h4-10,16H,3,11-12,17H2,1-2H3. The number of nitrogens with two attached hydrogens (primary N) is 1. The lowest BCUT2D eigenvalue weighted by Crippen LogP contribution is -2.30. The molecule has 1 aromatic carbocycles. The lowest BCUT2D eigenvalue weighted by Gasteiger charge is -2.28. The van der Waals surface area contributed by atoms with E-state index in [9.17, 15) is 0 Å². The van der Waals surface area contributed by atoms with Crippen LogP contribution in [0, 0.1) is 0 Å². The van der Waals surface area contributed by atoms with Gasteiger partial charge in [0.2, 0.25) is 0 Å². The van der Waals surface area contributed by atoms with Crippen molar-refractivity contribution in [2.45, 2.75) is 25.9 Å². The lowest BCUT2D eigenvalue weighted by atomic mass is 9.97. The minimum Gasteiger partial charge on any atom is -0.468 e. The van der Waals surface area contributed by atoms with Crippen molar-refractivity contribution in [3.63, 3.8) is 0 Å². The van der Waals surface area contributed by atoms with Crippen LogP contribution in [0.4, 0.5) is 0 Å². The van der Waals surface area contributed by atoms with Crippen LogP contribution in [0.25, 0.3) is 0 Å². The van der Waals surface area contributed by atoms with E-state index in [1.807, 2.05) is 12.1 Å². The van der Waals surface area contributed by atoms with Crippen LogP contribution in [-0.4, -0.2) is 18.5 Å². The van der Waals surface area contributed by atoms with Crippen LogP contribution in [0.15, 0.2) is 47.1 Å². The van der Waals surface area contributed by atoms with E-state index >= 15 is 0 Å². The van der Waals surface area contributed by atoms with Crippen molar-refractivity contribution in [3.05, 3.63) is 59.5 Å². The molecule has 0 aliphatic carbocycles. The Kier molecular flexibility index (Phi) is 4.77. The Balaban J connectivity index is 2.18. The first-order valence-electron chi connectivity index (χ1n) is 6.76. The average Bonchev–Trinajstić information content (AvgIpc) is 2.93. The summed E-state index contributed by atoms with van der Waals surface area (Å²) in [5.41, 5.74) is 8.67. The van der Waals surface area contributed by atoms with Gasteiger partial charge in [0.1, 0.15) is 5.76 Å². The molecule has 0 aliphatic rings. The van der Waals surface area contributed by atoms with E-state index < -0.39 is 0 Å². The van der Waals surface area contributed by atoms with Crippen LogP contribution < -0.4 is 5.73 Å². The van der Waals surface area contributed by atoms with E-state index in [1.54, 1.807) is 6.26 Å². The molecule has 0 radical (unpaired) electrons. The molecule has 1 unspecified atom stereocenters. The zero-order valence-corrected chi connectivity index (χ0v) is 11.7. The van der Waals surface area contributed by atoms with Gasteiger partial charge in [-0.1, -0.05) is 31.2 Å². The highest BCUT2D eigenvalue weighted by atomic mass is 16.3. The van der Waals surface area contributed by atoms with Gasteiger partial charge in [-0.3, -0.25) is 4.90 Å². The molecule has 1 aromatic heterocycles. The number of nitrogens with zero attached hydrogens (tertiary/aromatic N) is 1. The molecule has 102 valence electrons. The van der Waals surface area contributed by atoms with Crippen molar-refractivity contribution in [2.75, 3.05) is 13.6 Å². The minimum absolute atomic E-state index is 0.223. The van der Waals surface area contributed by atoms with E-state index in [2.05, 4.69) is 43.1 Å². The summed E-state index contributed by atoms with van der Waals surface area (Å²) in [6.07, 6.45) is 2.74. The third-order valence-electron chi connectivity index (χ3n) is 3.54. The van der Waals surface area contributed by atoms with Gasteiger partial charge in [-0.05, 0) is 36.7 Å². The molecule has 19 heavy (non-hydrogen) atoms. The normalized spacial score (nSPS) is 12.8. The van der Waals surface area contributed by atoms with Crippen LogP contribution in [-0.2, 0) is 13.0 Å². The molecule has 2 rings (SSSR count). The van der Waals surface area contributed by atoms with Crippen LogP contribution in [0.2, 0.25) is 0 Å². The molecule has 0 bridgehead atoms. The number of hydrogen-bond donors (Lipinski definition) is 1. The third kappa shape index (κ3) is 3.25. The number of hydrogen-bond acceptors (Lipinski definition) is 3. The summed E-state index contributed by atoms with van der Waals surface area (Å²) in [6.45, 7) is 3.56. The number of benzene rings is 1. The van der Waals surface area contributed by atoms with E-state index in [0.29, 0.717) is 6.54 Å². The van der Waals surface area contributed by atoms with Gasteiger partial charge in [0.15, 0.2) is 0 Å². The maximum absolute atomic E-state index is 5.99. The second-order valence-electron chi connectivity index (χ2n) is 4.80. The first kappa shape index (κ1) is 13.8. The summed E-state index contributed by atoms with van der Waals surface area (Å²) in [5, 5.41) is 0. The quantitative estimate of drug-likeness (QED) is 0.866. The van der Waals surface area contributed by atoms with Gasteiger partial charge < -0.3 is 10.2 Å². The maximum atomic E-state index is 5.99. The Morgan fingerprint density at radius 3 is 2.63 bits per heavy atom. The summed E-state index contributed by atoms with van der Waals surface area (Å²) in [7, 11) is 2.09. The molecule has 2 aromatic rings. The highest BCUT2D eigenvalue weighted by Crippen LogP contribution is 2.24. The third-order valence-corrected chi connectivity index (χ3v) is 3.54. The summed E-state index contributed by atoms with van der Waals surface area (Å²) in [4.78, 5) is 2.24. The zero-order valence-electron chi connectivity index (χ0n) is 11.7. The van der Waals surface area contributed by atoms with Crippen LogP contribution in [0.1, 0.15) is 29.9 Å². The fraction of sp³-hybridized carbons (Fsp3) is 0.375. The number of rotatable bonds is 6. The smallest absolute Gasteiger partial charge is 0.117 e. The SMILES string of the molecule is CCc1ccccc1C(CN)N(C)Cc1ccco1. The van der Waals surface area contributed by atoms with E-state index in [-0.39, 0.29) is 6.04 Å². The molecule has 1 heterocycles. The topological polar surface area (TPSA) is 42.4 Å². The lowest BCUT2D eigenvalue weighted by molar-refractivity contribution is 0.222. The first-order chi connectivity index (χ1) is 9.26.